The molecule has 2 aromatic rings. The van der Waals surface area contributed by atoms with Gasteiger partial charge in [-0.05, 0) is 64.9 Å². The molecule has 4 rings (SSSR count). The number of aromatic nitrogens is 1. The first-order valence-corrected chi connectivity index (χ1v) is 9.75. The SMILES string of the molecule is O=C(CC1CCN(c2ccc(Br)cn2)CC1)N1CCc2ccccc21. The molecule has 1 fully saturated rings. The molecule has 1 aromatic carbocycles. The number of pyridine rings is 1. The lowest BCUT2D eigenvalue weighted by Crippen LogP contribution is -2.37. The molecule has 1 amide bonds. The van der Waals surface area contributed by atoms with Crippen LogP contribution in [-0.2, 0) is 11.2 Å². The second kappa shape index (κ2) is 7.16. The van der Waals surface area contributed by atoms with Crippen molar-refractivity contribution in [1.82, 2.24) is 4.98 Å². The predicted octanol–water partition coefficient (Wildman–Crippen LogP) is 4.04. The van der Waals surface area contributed by atoms with E-state index >= 15 is 0 Å². The van der Waals surface area contributed by atoms with Crippen molar-refractivity contribution in [2.75, 3.05) is 29.4 Å². The van der Waals surface area contributed by atoms with E-state index in [-0.39, 0.29) is 5.91 Å². The number of benzene rings is 1. The van der Waals surface area contributed by atoms with Crippen molar-refractivity contribution in [2.45, 2.75) is 25.7 Å². The van der Waals surface area contributed by atoms with Crippen molar-refractivity contribution in [2.24, 2.45) is 5.92 Å². The van der Waals surface area contributed by atoms with Crippen molar-refractivity contribution in [3.63, 3.8) is 0 Å². The monoisotopic (exact) mass is 399 g/mol. The second-order valence-electron chi connectivity index (χ2n) is 6.89. The Morgan fingerprint density at radius 2 is 1.92 bits per heavy atom. The van der Waals surface area contributed by atoms with Gasteiger partial charge in [0.1, 0.15) is 5.82 Å². The third kappa shape index (κ3) is 3.56. The lowest BCUT2D eigenvalue weighted by atomic mass is 9.93. The zero-order valence-electron chi connectivity index (χ0n) is 14.2. The van der Waals surface area contributed by atoms with Gasteiger partial charge < -0.3 is 9.80 Å². The molecule has 5 heteroatoms. The molecule has 0 radical (unpaired) electrons. The number of nitrogens with zero attached hydrogens (tertiary/aromatic N) is 3. The molecule has 3 heterocycles. The highest BCUT2D eigenvalue weighted by Crippen LogP contribution is 2.30. The quantitative estimate of drug-likeness (QED) is 0.781. The van der Waals surface area contributed by atoms with Crippen molar-refractivity contribution in [3.05, 3.63) is 52.6 Å². The summed E-state index contributed by atoms with van der Waals surface area (Å²) in [5, 5.41) is 0. The molecule has 25 heavy (non-hydrogen) atoms. The van der Waals surface area contributed by atoms with Crippen molar-refractivity contribution in [1.29, 1.82) is 0 Å². The highest BCUT2D eigenvalue weighted by molar-refractivity contribution is 9.10. The molecule has 0 saturated carbocycles. The van der Waals surface area contributed by atoms with Crippen LogP contribution < -0.4 is 9.80 Å². The number of hydrogen-bond acceptors (Lipinski definition) is 3. The van der Waals surface area contributed by atoms with E-state index in [4.69, 9.17) is 0 Å². The minimum Gasteiger partial charge on any atom is -0.357 e. The van der Waals surface area contributed by atoms with E-state index < -0.39 is 0 Å². The van der Waals surface area contributed by atoms with Gasteiger partial charge >= 0.3 is 0 Å². The fraction of sp³-hybridized carbons (Fsp3) is 0.400. The Kier molecular flexibility index (Phi) is 4.75. The minimum absolute atomic E-state index is 0.283. The molecular weight excluding hydrogens is 378 g/mol. The Balaban J connectivity index is 1.33. The van der Waals surface area contributed by atoms with Gasteiger partial charge in [0, 0.05) is 42.4 Å². The van der Waals surface area contributed by atoms with Gasteiger partial charge in [-0.3, -0.25) is 4.79 Å². The molecule has 2 aliphatic heterocycles. The molecule has 0 atom stereocenters. The smallest absolute Gasteiger partial charge is 0.227 e. The standard InChI is InChI=1S/C20H22BrN3O/c21-17-5-6-19(22-14-17)23-10-7-15(8-11-23)13-20(25)24-12-9-16-3-1-2-4-18(16)24/h1-6,14-15H,7-13H2. The highest BCUT2D eigenvalue weighted by Gasteiger charge is 2.28. The Hall–Kier alpha value is -1.88. The summed E-state index contributed by atoms with van der Waals surface area (Å²) in [6.07, 6.45) is 5.60. The van der Waals surface area contributed by atoms with Gasteiger partial charge in [0.15, 0.2) is 0 Å². The van der Waals surface area contributed by atoms with Crippen LogP contribution in [0.5, 0.6) is 0 Å². The average molecular weight is 400 g/mol. The van der Waals surface area contributed by atoms with Crippen LogP contribution in [0.2, 0.25) is 0 Å². The number of rotatable bonds is 3. The fourth-order valence-electron chi connectivity index (χ4n) is 3.88. The topological polar surface area (TPSA) is 36.4 Å². The summed E-state index contributed by atoms with van der Waals surface area (Å²) in [4.78, 5) is 21.5. The van der Waals surface area contributed by atoms with Crippen molar-refractivity contribution in [3.8, 4) is 0 Å². The zero-order valence-corrected chi connectivity index (χ0v) is 15.8. The number of piperidine rings is 1. The third-order valence-corrected chi connectivity index (χ3v) is 5.77. The van der Waals surface area contributed by atoms with E-state index in [1.54, 1.807) is 0 Å². The number of halogens is 1. The molecule has 130 valence electrons. The molecule has 0 spiro atoms. The molecule has 4 nitrogen and oxygen atoms in total. The van der Waals surface area contributed by atoms with Crippen LogP contribution in [0.15, 0.2) is 47.1 Å². The van der Waals surface area contributed by atoms with Crippen LogP contribution in [0.4, 0.5) is 11.5 Å². The van der Waals surface area contributed by atoms with E-state index in [0.29, 0.717) is 12.3 Å². The maximum absolute atomic E-state index is 12.8. The number of amides is 1. The third-order valence-electron chi connectivity index (χ3n) is 5.30. The van der Waals surface area contributed by atoms with Gasteiger partial charge in [-0.1, -0.05) is 18.2 Å². The number of fused-ring (bicyclic) bond motifs is 1. The van der Waals surface area contributed by atoms with Gasteiger partial charge in [0.05, 0.1) is 0 Å². The van der Waals surface area contributed by atoms with Crippen LogP contribution in [0.25, 0.3) is 0 Å². The van der Waals surface area contributed by atoms with E-state index in [1.807, 2.05) is 23.2 Å². The van der Waals surface area contributed by atoms with E-state index in [0.717, 1.165) is 54.9 Å². The first-order chi connectivity index (χ1) is 12.2. The van der Waals surface area contributed by atoms with Crippen molar-refractivity contribution < 1.29 is 4.79 Å². The predicted molar refractivity (Wildman–Crippen MR) is 104 cm³/mol. The summed E-state index contributed by atoms with van der Waals surface area (Å²) in [7, 11) is 0. The summed E-state index contributed by atoms with van der Waals surface area (Å²) in [6.45, 7) is 2.78. The lowest BCUT2D eigenvalue weighted by molar-refractivity contribution is -0.119. The average Bonchev–Trinajstić information content (AvgIpc) is 3.07. The van der Waals surface area contributed by atoms with Crippen LogP contribution in [0.3, 0.4) is 0 Å². The van der Waals surface area contributed by atoms with Crippen LogP contribution in [-0.4, -0.2) is 30.5 Å². The maximum atomic E-state index is 12.8. The Morgan fingerprint density at radius 1 is 1.12 bits per heavy atom. The molecule has 1 saturated heterocycles. The summed E-state index contributed by atoms with van der Waals surface area (Å²) >= 11 is 3.43. The van der Waals surface area contributed by atoms with E-state index in [2.05, 4.69) is 50.1 Å². The summed E-state index contributed by atoms with van der Waals surface area (Å²) in [5.74, 6) is 1.79. The molecule has 0 unspecified atom stereocenters. The van der Waals surface area contributed by atoms with Crippen LogP contribution in [0.1, 0.15) is 24.8 Å². The Bertz CT molecular complexity index is 754. The van der Waals surface area contributed by atoms with E-state index in [1.165, 1.54) is 5.56 Å². The maximum Gasteiger partial charge on any atom is 0.227 e. The van der Waals surface area contributed by atoms with Gasteiger partial charge in [0.2, 0.25) is 5.91 Å². The lowest BCUT2D eigenvalue weighted by Gasteiger charge is -2.33. The molecule has 0 bridgehead atoms. The van der Waals surface area contributed by atoms with Gasteiger partial charge in [-0.15, -0.1) is 0 Å². The zero-order chi connectivity index (χ0) is 17.2. The fourth-order valence-corrected chi connectivity index (χ4v) is 4.11. The van der Waals surface area contributed by atoms with Gasteiger partial charge in [-0.2, -0.15) is 0 Å². The van der Waals surface area contributed by atoms with Crippen LogP contribution in [0, 0.1) is 5.92 Å². The molecule has 2 aliphatic rings. The summed E-state index contributed by atoms with van der Waals surface area (Å²) in [5.41, 5.74) is 2.41. The molecular formula is C20H22BrN3O. The number of hydrogen-bond donors (Lipinski definition) is 0. The molecule has 0 aliphatic carbocycles. The van der Waals surface area contributed by atoms with Crippen LogP contribution >= 0.6 is 15.9 Å². The van der Waals surface area contributed by atoms with Crippen molar-refractivity contribution >= 4 is 33.3 Å². The first-order valence-electron chi connectivity index (χ1n) is 8.95. The first kappa shape index (κ1) is 16.6. The Morgan fingerprint density at radius 3 is 2.68 bits per heavy atom. The summed E-state index contributed by atoms with van der Waals surface area (Å²) in [6, 6.07) is 12.4. The molecule has 0 N–H and O–H groups in total. The summed E-state index contributed by atoms with van der Waals surface area (Å²) < 4.78 is 1.00. The van der Waals surface area contributed by atoms with E-state index in [9.17, 15) is 4.79 Å². The largest absolute Gasteiger partial charge is 0.357 e. The van der Waals surface area contributed by atoms with Gasteiger partial charge in [0.25, 0.3) is 0 Å². The normalized spacial score (nSPS) is 17.6. The second-order valence-corrected chi connectivity index (χ2v) is 7.81. The van der Waals surface area contributed by atoms with Gasteiger partial charge in [-0.25, -0.2) is 4.98 Å². The minimum atomic E-state index is 0.283. The number of carbonyl (C=O) groups excluding carboxylic acids is 1. The highest BCUT2D eigenvalue weighted by atomic mass is 79.9. The number of anilines is 2. The number of para-hydroxylation sites is 1. The Labute approximate surface area is 157 Å². The number of carbonyl (C=O) groups is 1. The molecule has 1 aromatic heterocycles.